The SMILES string of the molecule is CCCOc1ccc(C(=O)Oc2ccc(/C=N\NC(=O)C(=O)Nc3ccccc3OC)cc2OC)cc1. The van der Waals surface area contributed by atoms with Gasteiger partial charge in [0.25, 0.3) is 0 Å². The Kier molecular flexibility index (Phi) is 9.60. The first-order chi connectivity index (χ1) is 17.9. The standard InChI is InChI=1S/C27H27N3O7/c1-4-15-36-20-12-10-19(11-13-20)27(33)37-23-14-9-18(16-24(23)35-3)17-28-30-26(32)25(31)29-21-7-5-6-8-22(21)34-2/h5-14,16-17H,4,15H2,1-3H3,(H,29,31)(H,30,32)/b28-17-. The van der Waals surface area contributed by atoms with E-state index in [9.17, 15) is 14.4 Å². The molecule has 3 aromatic rings. The molecule has 2 N–H and O–H groups in total. The van der Waals surface area contributed by atoms with Gasteiger partial charge in [-0.2, -0.15) is 5.10 Å². The Balaban J connectivity index is 1.59. The molecule has 0 bridgehead atoms. The first-order valence-corrected chi connectivity index (χ1v) is 11.4. The number of para-hydroxylation sites is 2. The summed E-state index contributed by atoms with van der Waals surface area (Å²) in [6, 6.07) is 18.0. The lowest BCUT2D eigenvalue weighted by Crippen LogP contribution is -2.32. The molecule has 0 aliphatic heterocycles. The summed E-state index contributed by atoms with van der Waals surface area (Å²) >= 11 is 0. The van der Waals surface area contributed by atoms with Crippen LogP contribution in [0.4, 0.5) is 5.69 Å². The molecule has 0 heterocycles. The highest BCUT2D eigenvalue weighted by Crippen LogP contribution is 2.28. The van der Waals surface area contributed by atoms with Gasteiger partial charge in [-0.3, -0.25) is 9.59 Å². The van der Waals surface area contributed by atoms with Gasteiger partial charge in [0.2, 0.25) is 0 Å². The third-order valence-corrected chi connectivity index (χ3v) is 4.89. The predicted molar refractivity (Wildman–Crippen MR) is 138 cm³/mol. The fraction of sp³-hybridized carbons (Fsp3) is 0.185. The van der Waals surface area contributed by atoms with Crippen LogP contribution in [0.3, 0.4) is 0 Å². The van der Waals surface area contributed by atoms with Crippen LogP contribution in [0, 0.1) is 0 Å². The zero-order valence-corrected chi connectivity index (χ0v) is 20.6. The molecule has 10 nitrogen and oxygen atoms in total. The molecule has 192 valence electrons. The number of hydrogen-bond acceptors (Lipinski definition) is 8. The van der Waals surface area contributed by atoms with Crippen molar-refractivity contribution in [3.05, 3.63) is 77.9 Å². The average Bonchev–Trinajstić information content (AvgIpc) is 2.93. The smallest absolute Gasteiger partial charge is 0.343 e. The molecule has 0 atom stereocenters. The summed E-state index contributed by atoms with van der Waals surface area (Å²) in [4.78, 5) is 36.7. The number of hydrazone groups is 1. The van der Waals surface area contributed by atoms with Crippen molar-refractivity contribution in [2.24, 2.45) is 5.10 Å². The molecule has 0 radical (unpaired) electrons. The van der Waals surface area contributed by atoms with Gasteiger partial charge < -0.3 is 24.3 Å². The van der Waals surface area contributed by atoms with E-state index in [0.29, 0.717) is 34.9 Å². The van der Waals surface area contributed by atoms with E-state index in [4.69, 9.17) is 18.9 Å². The van der Waals surface area contributed by atoms with E-state index in [0.717, 1.165) is 6.42 Å². The van der Waals surface area contributed by atoms with Crippen LogP contribution in [-0.4, -0.2) is 44.8 Å². The average molecular weight is 506 g/mol. The van der Waals surface area contributed by atoms with Crippen LogP contribution in [0.1, 0.15) is 29.3 Å². The van der Waals surface area contributed by atoms with Crippen LogP contribution in [0.25, 0.3) is 0 Å². The van der Waals surface area contributed by atoms with Crippen LogP contribution < -0.4 is 29.7 Å². The number of rotatable bonds is 10. The number of anilines is 1. The highest BCUT2D eigenvalue weighted by atomic mass is 16.6. The quantitative estimate of drug-likeness (QED) is 0.141. The van der Waals surface area contributed by atoms with E-state index in [2.05, 4.69) is 15.8 Å². The van der Waals surface area contributed by atoms with Crippen LogP contribution >= 0.6 is 0 Å². The molecule has 0 aliphatic rings. The van der Waals surface area contributed by atoms with E-state index in [1.165, 1.54) is 26.5 Å². The summed E-state index contributed by atoms with van der Waals surface area (Å²) in [6.45, 7) is 2.60. The number of methoxy groups -OCH3 is 2. The Bertz CT molecular complexity index is 1270. The predicted octanol–water partition coefficient (Wildman–Crippen LogP) is 3.80. The van der Waals surface area contributed by atoms with E-state index in [1.54, 1.807) is 60.7 Å². The summed E-state index contributed by atoms with van der Waals surface area (Å²) in [7, 11) is 2.88. The van der Waals surface area contributed by atoms with Gasteiger partial charge in [0, 0.05) is 0 Å². The highest BCUT2D eigenvalue weighted by Gasteiger charge is 2.16. The second-order valence-electron chi connectivity index (χ2n) is 7.53. The monoisotopic (exact) mass is 505 g/mol. The Labute approximate surface area is 214 Å². The maximum Gasteiger partial charge on any atom is 0.343 e. The largest absolute Gasteiger partial charge is 0.495 e. The normalized spacial score (nSPS) is 10.5. The molecule has 3 rings (SSSR count). The number of hydrogen-bond donors (Lipinski definition) is 2. The molecule has 0 fully saturated rings. The van der Waals surface area contributed by atoms with Crippen LogP contribution in [0.15, 0.2) is 71.8 Å². The van der Waals surface area contributed by atoms with Crippen molar-refractivity contribution in [1.29, 1.82) is 0 Å². The summed E-state index contributed by atoms with van der Waals surface area (Å²) in [5.74, 6) is -0.869. The van der Waals surface area contributed by atoms with Crippen molar-refractivity contribution in [3.63, 3.8) is 0 Å². The zero-order valence-electron chi connectivity index (χ0n) is 20.6. The molecule has 3 aromatic carbocycles. The lowest BCUT2D eigenvalue weighted by molar-refractivity contribution is -0.136. The molecule has 2 amide bonds. The molecule has 0 aromatic heterocycles. The fourth-order valence-corrected chi connectivity index (χ4v) is 3.06. The molecular formula is C27H27N3O7. The third-order valence-electron chi connectivity index (χ3n) is 4.89. The number of nitrogens with zero attached hydrogens (tertiary/aromatic N) is 1. The number of benzene rings is 3. The first kappa shape index (κ1) is 26.7. The summed E-state index contributed by atoms with van der Waals surface area (Å²) < 4.78 is 21.4. The Hall–Kier alpha value is -4.86. The van der Waals surface area contributed by atoms with Crippen LogP contribution in [0.5, 0.6) is 23.0 Å². The van der Waals surface area contributed by atoms with Gasteiger partial charge in [0.15, 0.2) is 11.5 Å². The lowest BCUT2D eigenvalue weighted by atomic mass is 10.2. The number of ether oxygens (including phenoxy) is 4. The Morgan fingerprint density at radius 2 is 1.59 bits per heavy atom. The molecule has 0 saturated heterocycles. The minimum Gasteiger partial charge on any atom is -0.495 e. The minimum absolute atomic E-state index is 0.205. The van der Waals surface area contributed by atoms with Crippen molar-refractivity contribution >= 4 is 29.7 Å². The topological polar surface area (TPSA) is 125 Å². The van der Waals surface area contributed by atoms with E-state index >= 15 is 0 Å². The van der Waals surface area contributed by atoms with Gasteiger partial charge >= 0.3 is 17.8 Å². The van der Waals surface area contributed by atoms with Crippen molar-refractivity contribution in [2.45, 2.75) is 13.3 Å². The maximum atomic E-state index is 12.5. The van der Waals surface area contributed by atoms with Gasteiger partial charge in [-0.15, -0.1) is 0 Å². The lowest BCUT2D eigenvalue weighted by Gasteiger charge is -2.10. The molecule has 10 heteroatoms. The molecule has 0 unspecified atom stereocenters. The van der Waals surface area contributed by atoms with Crippen molar-refractivity contribution < 1.29 is 33.3 Å². The van der Waals surface area contributed by atoms with Crippen LogP contribution in [-0.2, 0) is 9.59 Å². The minimum atomic E-state index is -0.967. The van der Waals surface area contributed by atoms with E-state index < -0.39 is 17.8 Å². The van der Waals surface area contributed by atoms with Crippen molar-refractivity contribution in [3.8, 4) is 23.0 Å². The summed E-state index contributed by atoms with van der Waals surface area (Å²) in [6.07, 6.45) is 2.20. The molecule has 0 aliphatic carbocycles. The van der Waals surface area contributed by atoms with Crippen molar-refractivity contribution in [2.75, 3.05) is 26.1 Å². The fourth-order valence-electron chi connectivity index (χ4n) is 3.06. The number of carbonyl (C=O) groups excluding carboxylic acids is 3. The Morgan fingerprint density at radius 3 is 2.30 bits per heavy atom. The number of amides is 2. The first-order valence-electron chi connectivity index (χ1n) is 11.4. The molecule has 0 saturated carbocycles. The molecule has 0 spiro atoms. The van der Waals surface area contributed by atoms with Gasteiger partial charge in [0.1, 0.15) is 11.5 Å². The van der Waals surface area contributed by atoms with Crippen LogP contribution in [0.2, 0.25) is 0 Å². The zero-order chi connectivity index (χ0) is 26.6. The number of nitrogens with one attached hydrogen (secondary N) is 2. The van der Waals surface area contributed by atoms with Gasteiger partial charge in [-0.1, -0.05) is 19.1 Å². The maximum absolute atomic E-state index is 12.5. The molecular weight excluding hydrogens is 478 g/mol. The highest BCUT2D eigenvalue weighted by molar-refractivity contribution is 6.39. The number of esters is 1. The second-order valence-corrected chi connectivity index (χ2v) is 7.53. The van der Waals surface area contributed by atoms with Gasteiger partial charge in [0.05, 0.1) is 38.3 Å². The van der Waals surface area contributed by atoms with Gasteiger partial charge in [-0.05, 0) is 66.6 Å². The summed E-state index contributed by atoms with van der Waals surface area (Å²) in [5, 5.41) is 6.25. The Morgan fingerprint density at radius 1 is 0.865 bits per heavy atom. The van der Waals surface area contributed by atoms with E-state index in [1.807, 2.05) is 6.92 Å². The second kappa shape index (κ2) is 13.3. The van der Waals surface area contributed by atoms with Crippen molar-refractivity contribution in [1.82, 2.24) is 5.43 Å². The number of carbonyl (C=O) groups is 3. The van der Waals surface area contributed by atoms with E-state index in [-0.39, 0.29) is 11.5 Å². The third kappa shape index (κ3) is 7.56. The van der Waals surface area contributed by atoms with Gasteiger partial charge in [-0.25, -0.2) is 10.2 Å². The molecule has 37 heavy (non-hydrogen) atoms. The summed E-state index contributed by atoms with van der Waals surface area (Å²) in [5.41, 5.74) is 3.38.